The Morgan fingerprint density at radius 2 is 1.94 bits per heavy atom. The number of benzene rings is 1. The fraction of sp³-hybridized carbons (Fsp3) is 0.227. The maximum Gasteiger partial charge on any atom is 0.290 e. The van der Waals surface area contributed by atoms with Gasteiger partial charge in [-0.25, -0.2) is 14.5 Å². The Morgan fingerprint density at radius 3 is 2.73 bits per heavy atom. The molecule has 2 aliphatic heterocycles. The predicted octanol–water partition coefficient (Wildman–Crippen LogP) is 3.08. The van der Waals surface area contributed by atoms with Crippen molar-refractivity contribution in [2.24, 2.45) is 0 Å². The van der Waals surface area contributed by atoms with Crippen molar-refractivity contribution in [3.63, 3.8) is 0 Å². The monoisotopic (exact) mass is 477 g/mol. The van der Waals surface area contributed by atoms with Crippen molar-refractivity contribution in [3.8, 4) is 11.3 Å². The second kappa shape index (κ2) is 7.94. The van der Waals surface area contributed by atoms with Crippen LogP contribution in [0.3, 0.4) is 0 Å². The molecule has 11 heteroatoms. The highest BCUT2D eigenvalue weighted by molar-refractivity contribution is 8.18. The van der Waals surface area contributed by atoms with Gasteiger partial charge in [-0.3, -0.25) is 14.9 Å². The first-order valence-corrected chi connectivity index (χ1v) is 12.1. The highest BCUT2D eigenvalue weighted by Crippen LogP contribution is 2.33. The van der Waals surface area contributed by atoms with Crippen LogP contribution in [0.25, 0.3) is 33.2 Å². The first-order chi connectivity index (χ1) is 16.0. The minimum atomic E-state index is -0.399. The Hall–Kier alpha value is -3.28. The highest BCUT2D eigenvalue weighted by atomic mass is 32.2. The van der Waals surface area contributed by atoms with Crippen LogP contribution >= 0.6 is 23.1 Å². The summed E-state index contributed by atoms with van der Waals surface area (Å²) in [5, 5.41) is 7.60. The van der Waals surface area contributed by atoms with Crippen molar-refractivity contribution in [1.82, 2.24) is 29.8 Å². The number of likely N-dealkylation sites (N-methyl/N-ethyl adjacent to an activating group) is 1. The van der Waals surface area contributed by atoms with Crippen molar-refractivity contribution in [3.05, 3.63) is 47.1 Å². The van der Waals surface area contributed by atoms with Crippen molar-refractivity contribution >= 4 is 61.3 Å². The van der Waals surface area contributed by atoms with E-state index in [1.54, 1.807) is 34.2 Å². The summed E-state index contributed by atoms with van der Waals surface area (Å²) in [6.45, 7) is 4.06. The molecule has 5 heterocycles. The molecule has 33 heavy (non-hydrogen) atoms. The molecule has 6 rings (SSSR count). The lowest BCUT2D eigenvalue weighted by molar-refractivity contribution is -0.115. The molecule has 0 atom stereocenters. The smallest absolute Gasteiger partial charge is 0.290 e. The summed E-state index contributed by atoms with van der Waals surface area (Å²) in [6.07, 6.45) is 3.41. The van der Waals surface area contributed by atoms with Crippen molar-refractivity contribution in [2.75, 3.05) is 38.1 Å². The third-order valence-electron chi connectivity index (χ3n) is 5.75. The Morgan fingerprint density at radius 1 is 1.09 bits per heavy atom. The Labute approximate surface area is 197 Å². The average molecular weight is 478 g/mol. The lowest BCUT2D eigenvalue weighted by atomic mass is 10.1. The van der Waals surface area contributed by atoms with E-state index in [9.17, 15) is 9.59 Å². The fourth-order valence-corrected chi connectivity index (χ4v) is 5.64. The molecule has 0 bridgehead atoms. The maximum absolute atomic E-state index is 11.9. The summed E-state index contributed by atoms with van der Waals surface area (Å²) >= 11 is 2.58. The van der Waals surface area contributed by atoms with Gasteiger partial charge in [0, 0.05) is 31.7 Å². The molecule has 0 aliphatic carbocycles. The van der Waals surface area contributed by atoms with Gasteiger partial charge in [-0.15, -0.1) is 0 Å². The minimum Gasteiger partial charge on any atom is -0.345 e. The highest BCUT2D eigenvalue weighted by Gasteiger charge is 2.25. The molecule has 2 amide bonds. The third kappa shape index (κ3) is 3.77. The van der Waals surface area contributed by atoms with E-state index in [4.69, 9.17) is 4.98 Å². The summed E-state index contributed by atoms with van der Waals surface area (Å²) in [5.74, 6) is -0.399. The first-order valence-electron chi connectivity index (χ1n) is 10.5. The molecular weight excluding hydrogens is 458 g/mol. The first kappa shape index (κ1) is 20.3. The lowest BCUT2D eigenvalue weighted by Crippen LogP contribution is -2.44. The summed E-state index contributed by atoms with van der Waals surface area (Å²) in [7, 11) is 2.15. The topological polar surface area (TPSA) is 95.7 Å². The summed E-state index contributed by atoms with van der Waals surface area (Å²) in [4.78, 5) is 37.6. The number of imide groups is 1. The van der Waals surface area contributed by atoms with E-state index >= 15 is 0 Å². The number of carbonyl (C=O) groups is 2. The molecule has 0 spiro atoms. The molecule has 2 aliphatic rings. The molecular formula is C22H19N7O2S2. The number of thioether (sulfide) groups is 1. The Balaban J connectivity index is 1.35. The fourth-order valence-electron chi connectivity index (χ4n) is 3.92. The van der Waals surface area contributed by atoms with Crippen LogP contribution < -0.4 is 10.2 Å². The molecule has 4 aromatic rings. The molecule has 9 nitrogen and oxygen atoms in total. The van der Waals surface area contributed by atoms with Gasteiger partial charge in [-0.2, -0.15) is 5.10 Å². The molecule has 0 saturated carbocycles. The third-order valence-corrected chi connectivity index (χ3v) is 7.64. The van der Waals surface area contributed by atoms with Crippen molar-refractivity contribution < 1.29 is 9.59 Å². The van der Waals surface area contributed by atoms with Crippen LogP contribution in [-0.2, 0) is 4.79 Å². The molecule has 0 unspecified atom stereocenters. The number of hydrogen-bond donors (Lipinski definition) is 1. The van der Waals surface area contributed by atoms with Crippen molar-refractivity contribution in [1.29, 1.82) is 0 Å². The molecule has 2 saturated heterocycles. The van der Waals surface area contributed by atoms with Crippen LogP contribution in [0, 0.1) is 0 Å². The van der Waals surface area contributed by atoms with Gasteiger partial charge in [0.25, 0.3) is 11.1 Å². The largest absolute Gasteiger partial charge is 0.345 e. The lowest BCUT2D eigenvalue weighted by Gasteiger charge is -2.32. The van der Waals surface area contributed by atoms with Crippen molar-refractivity contribution in [2.45, 2.75) is 0 Å². The van der Waals surface area contributed by atoms with Gasteiger partial charge < -0.3 is 9.80 Å². The van der Waals surface area contributed by atoms with Gasteiger partial charge in [0.2, 0.25) is 0 Å². The van der Waals surface area contributed by atoms with Gasteiger partial charge in [-0.05, 0) is 49.2 Å². The van der Waals surface area contributed by atoms with E-state index in [1.165, 1.54) is 0 Å². The number of thiazole rings is 1. The van der Waals surface area contributed by atoms with Crippen LogP contribution in [0.4, 0.5) is 9.93 Å². The summed E-state index contributed by atoms with van der Waals surface area (Å²) in [5.41, 5.74) is 4.10. The second-order valence-electron chi connectivity index (χ2n) is 7.99. The van der Waals surface area contributed by atoms with Gasteiger partial charge >= 0.3 is 0 Å². The van der Waals surface area contributed by atoms with E-state index in [0.717, 1.165) is 64.5 Å². The molecule has 1 N–H and O–H groups in total. The molecule has 166 valence electrons. The van der Waals surface area contributed by atoms with Gasteiger partial charge in [0.05, 0.1) is 32.7 Å². The minimum absolute atomic E-state index is 0.330. The zero-order valence-electron chi connectivity index (χ0n) is 17.7. The summed E-state index contributed by atoms with van der Waals surface area (Å²) < 4.78 is 2.88. The predicted molar refractivity (Wildman–Crippen MR) is 130 cm³/mol. The standard InChI is InChI=1S/C22H19N7O2S2/c1-27-6-8-28(9-7-27)21-24-15-4-2-13(10-17(15)32-21)16-12-23-19-5-3-14(26-29(16)19)11-18-20(30)25-22(31)33-18/h2-5,10-12H,6-9H2,1H3,(H,25,30,31). The number of nitrogens with zero attached hydrogens (tertiary/aromatic N) is 6. The zero-order chi connectivity index (χ0) is 22.5. The summed E-state index contributed by atoms with van der Waals surface area (Å²) in [6, 6.07) is 9.83. The molecule has 2 fully saturated rings. The SMILES string of the molecule is CN1CCN(c2nc3ccc(-c4cnc5ccc(C=C6SC(=O)NC6=O)nn45)cc3s2)CC1. The number of fused-ring (bicyclic) bond motifs is 2. The van der Waals surface area contributed by atoms with Crippen LogP contribution in [0.15, 0.2) is 41.4 Å². The van der Waals surface area contributed by atoms with Crippen LogP contribution in [0.2, 0.25) is 0 Å². The van der Waals surface area contributed by atoms with E-state index in [1.807, 2.05) is 18.2 Å². The number of imidazole rings is 1. The quantitative estimate of drug-likeness (QED) is 0.450. The number of amides is 2. The number of aromatic nitrogens is 4. The van der Waals surface area contributed by atoms with Crippen LogP contribution in [0.1, 0.15) is 5.69 Å². The van der Waals surface area contributed by atoms with Gasteiger partial charge in [0.1, 0.15) is 0 Å². The van der Waals surface area contributed by atoms with E-state index in [0.29, 0.717) is 16.2 Å². The molecule has 3 aromatic heterocycles. The van der Waals surface area contributed by atoms with Gasteiger partial charge in [-0.1, -0.05) is 17.4 Å². The number of piperazine rings is 1. The van der Waals surface area contributed by atoms with E-state index in [-0.39, 0.29) is 5.24 Å². The Bertz CT molecular complexity index is 1450. The zero-order valence-corrected chi connectivity index (χ0v) is 19.3. The number of nitrogens with one attached hydrogen (secondary N) is 1. The second-order valence-corrected chi connectivity index (χ2v) is 10.0. The van der Waals surface area contributed by atoms with Crippen LogP contribution in [0.5, 0.6) is 0 Å². The maximum atomic E-state index is 11.9. The van der Waals surface area contributed by atoms with Gasteiger partial charge in [0.15, 0.2) is 10.8 Å². The normalized spacial score (nSPS) is 18.7. The number of anilines is 1. The number of carbonyl (C=O) groups excluding carboxylic acids is 2. The van der Waals surface area contributed by atoms with E-state index < -0.39 is 5.91 Å². The molecule has 0 radical (unpaired) electrons. The molecule has 1 aromatic carbocycles. The van der Waals surface area contributed by atoms with Crippen LogP contribution in [-0.4, -0.2) is 68.9 Å². The van der Waals surface area contributed by atoms with E-state index in [2.05, 4.69) is 38.3 Å². The number of rotatable bonds is 3. The Kier molecular flexibility index (Phi) is 4.89. The number of hydrogen-bond acceptors (Lipinski definition) is 9. The average Bonchev–Trinajstić information content (AvgIpc) is 3.50.